The van der Waals surface area contributed by atoms with Gasteiger partial charge in [-0.3, -0.25) is 14.9 Å². The lowest BCUT2D eigenvalue weighted by Gasteiger charge is -2.35. The highest BCUT2D eigenvalue weighted by Crippen LogP contribution is 2.33. The Bertz CT molecular complexity index is 575. The van der Waals surface area contributed by atoms with E-state index >= 15 is 0 Å². The third kappa shape index (κ3) is 3.13. The predicted molar refractivity (Wildman–Crippen MR) is 76.8 cm³/mol. The van der Waals surface area contributed by atoms with Crippen molar-refractivity contribution in [3.05, 3.63) is 33.9 Å². The average molecular weight is 293 g/mol. The van der Waals surface area contributed by atoms with Crippen molar-refractivity contribution in [3.8, 4) is 5.75 Å². The van der Waals surface area contributed by atoms with Crippen molar-refractivity contribution in [3.63, 3.8) is 0 Å². The maximum Gasteiger partial charge on any atom is 0.276 e. The molecule has 1 saturated carbocycles. The molecule has 1 aromatic rings. The first-order valence-corrected chi connectivity index (χ1v) is 6.83. The van der Waals surface area contributed by atoms with Gasteiger partial charge in [-0.2, -0.15) is 0 Å². The van der Waals surface area contributed by atoms with Crippen LogP contribution in [0.25, 0.3) is 0 Å². The molecule has 1 aliphatic carbocycles. The molecular weight excluding hydrogens is 274 g/mol. The quantitative estimate of drug-likeness (QED) is 0.642. The highest BCUT2D eigenvalue weighted by molar-refractivity contribution is 5.84. The molecule has 0 heterocycles. The Hall–Kier alpha value is -2.15. The van der Waals surface area contributed by atoms with Crippen LogP contribution < -0.4 is 16.2 Å². The minimum absolute atomic E-state index is 0.0113. The number of hydrogen-bond donors (Lipinski definition) is 2. The number of amides is 1. The zero-order valence-corrected chi connectivity index (χ0v) is 11.9. The molecular formula is C14H19N3O4. The van der Waals surface area contributed by atoms with E-state index in [1.165, 1.54) is 6.07 Å². The van der Waals surface area contributed by atoms with Crippen LogP contribution in [0.2, 0.25) is 0 Å². The Balaban J connectivity index is 2.17. The summed E-state index contributed by atoms with van der Waals surface area (Å²) in [7, 11) is 0. The number of nitrogens with two attached hydrogens (primary N) is 2. The maximum absolute atomic E-state index is 11.4. The topological polar surface area (TPSA) is 121 Å². The van der Waals surface area contributed by atoms with Gasteiger partial charge in [0, 0.05) is 12.5 Å². The third-order valence-corrected chi connectivity index (χ3v) is 3.98. The summed E-state index contributed by atoms with van der Waals surface area (Å²) in [5.74, 6) is -0.0884. The van der Waals surface area contributed by atoms with Crippen LogP contribution in [0.4, 0.5) is 5.69 Å². The normalized spacial score (nSPS) is 25.3. The SMILES string of the molecule is Cc1c(OC2CCCC(N)(C(N)=O)C2)cccc1[N+](=O)[O-]. The smallest absolute Gasteiger partial charge is 0.276 e. The van der Waals surface area contributed by atoms with E-state index in [-0.39, 0.29) is 11.8 Å². The standard InChI is InChI=1S/C14H19N3O4/c1-9-11(17(19)20)5-2-6-12(9)21-10-4-3-7-14(16,8-10)13(15)18/h2,5-6,10H,3-4,7-8,16H2,1H3,(H2,15,18). The zero-order valence-electron chi connectivity index (χ0n) is 11.9. The Morgan fingerprint density at radius 2 is 2.24 bits per heavy atom. The summed E-state index contributed by atoms with van der Waals surface area (Å²) in [4.78, 5) is 21.9. The van der Waals surface area contributed by atoms with Gasteiger partial charge >= 0.3 is 0 Å². The molecule has 2 rings (SSSR count). The second-order valence-electron chi connectivity index (χ2n) is 5.51. The van der Waals surface area contributed by atoms with E-state index in [4.69, 9.17) is 16.2 Å². The average Bonchev–Trinajstić information content (AvgIpc) is 2.41. The molecule has 1 aromatic carbocycles. The van der Waals surface area contributed by atoms with Crippen molar-refractivity contribution in [1.29, 1.82) is 0 Å². The van der Waals surface area contributed by atoms with Gasteiger partial charge in [-0.1, -0.05) is 6.07 Å². The Kier molecular flexibility index (Phi) is 4.13. The monoisotopic (exact) mass is 293 g/mol. The van der Waals surface area contributed by atoms with Crippen LogP contribution in [0.3, 0.4) is 0 Å². The summed E-state index contributed by atoms with van der Waals surface area (Å²) in [5, 5.41) is 10.9. The van der Waals surface area contributed by atoms with Crippen molar-refractivity contribution in [2.75, 3.05) is 0 Å². The van der Waals surface area contributed by atoms with E-state index in [0.717, 1.165) is 12.8 Å². The molecule has 0 spiro atoms. The lowest BCUT2D eigenvalue weighted by Crippen LogP contribution is -2.56. The molecule has 7 heteroatoms. The summed E-state index contributed by atoms with van der Waals surface area (Å²) in [5.41, 5.74) is 10.8. The lowest BCUT2D eigenvalue weighted by atomic mass is 9.80. The first-order valence-electron chi connectivity index (χ1n) is 6.83. The number of nitro benzene ring substituents is 1. The largest absolute Gasteiger partial charge is 0.490 e. The first kappa shape index (κ1) is 15.2. The van der Waals surface area contributed by atoms with Crippen molar-refractivity contribution in [1.82, 2.24) is 0 Å². The molecule has 2 atom stereocenters. The van der Waals surface area contributed by atoms with E-state index in [2.05, 4.69) is 0 Å². The molecule has 21 heavy (non-hydrogen) atoms. The molecule has 0 aliphatic heterocycles. The number of carbonyl (C=O) groups is 1. The molecule has 2 unspecified atom stereocenters. The van der Waals surface area contributed by atoms with Crippen LogP contribution in [0.5, 0.6) is 5.75 Å². The summed E-state index contributed by atoms with van der Waals surface area (Å²) in [6.07, 6.45) is 2.07. The minimum atomic E-state index is -1.06. The Morgan fingerprint density at radius 1 is 1.52 bits per heavy atom. The van der Waals surface area contributed by atoms with Crippen LogP contribution in [-0.4, -0.2) is 22.5 Å². The number of nitrogens with zero attached hydrogens (tertiary/aromatic N) is 1. The van der Waals surface area contributed by atoms with Crippen molar-refractivity contribution in [2.24, 2.45) is 11.5 Å². The van der Waals surface area contributed by atoms with Gasteiger partial charge in [0.1, 0.15) is 11.9 Å². The van der Waals surface area contributed by atoms with Gasteiger partial charge in [0.05, 0.1) is 16.0 Å². The fourth-order valence-corrected chi connectivity index (χ4v) is 2.69. The van der Waals surface area contributed by atoms with E-state index in [9.17, 15) is 14.9 Å². The number of nitro groups is 1. The predicted octanol–water partition coefficient (Wildman–Crippen LogP) is 1.41. The first-order chi connectivity index (χ1) is 9.83. The summed E-state index contributed by atoms with van der Waals surface area (Å²) in [6.45, 7) is 1.64. The van der Waals surface area contributed by atoms with Gasteiger partial charge in [0.2, 0.25) is 5.91 Å². The van der Waals surface area contributed by atoms with Gasteiger partial charge < -0.3 is 16.2 Å². The number of hydrogen-bond acceptors (Lipinski definition) is 5. The van der Waals surface area contributed by atoms with E-state index < -0.39 is 16.4 Å². The summed E-state index contributed by atoms with van der Waals surface area (Å²) < 4.78 is 5.83. The van der Waals surface area contributed by atoms with E-state index in [1.807, 2.05) is 0 Å². The van der Waals surface area contributed by atoms with Gasteiger partial charge in [-0.25, -0.2) is 0 Å². The molecule has 0 bridgehead atoms. The molecule has 114 valence electrons. The number of ether oxygens (including phenoxy) is 1. The zero-order chi connectivity index (χ0) is 15.6. The van der Waals surface area contributed by atoms with Gasteiger partial charge in [0.25, 0.3) is 5.69 Å². The van der Waals surface area contributed by atoms with Crippen molar-refractivity contribution in [2.45, 2.75) is 44.2 Å². The van der Waals surface area contributed by atoms with Crippen molar-refractivity contribution < 1.29 is 14.5 Å². The molecule has 0 saturated heterocycles. The van der Waals surface area contributed by atoms with E-state index in [1.54, 1.807) is 19.1 Å². The van der Waals surface area contributed by atoms with Gasteiger partial charge in [-0.15, -0.1) is 0 Å². The number of benzene rings is 1. The molecule has 1 aliphatic rings. The van der Waals surface area contributed by atoms with Crippen LogP contribution in [0.15, 0.2) is 18.2 Å². The number of primary amides is 1. The van der Waals surface area contributed by atoms with Gasteiger partial charge in [0.15, 0.2) is 0 Å². The van der Waals surface area contributed by atoms with E-state index in [0.29, 0.717) is 24.2 Å². The third-order valence-electron chi connectivity index (χ3n) is 3.98. The molecule has 1 amide bonds. The fourth-order valence-electron chi connectivity index (χ4n) is 2.69. The molecule has 0 aromatic heterocycles. The summed E-state index contributed by atoms with van der Waals surface area (Å²) >= 11 is 0. The lowest BCUT2D eigenvalue weighted by molar-refractivity contribution is -0.385. The highest BCUT2D eigenvalue weighted by Gasteiger charge is 2.39. The van der Waals surface area contributed by atoms with Crippen LogP contribution in [0.1, 0.15) is 31.2 Å². The van der Waals surface area contributed by atoms with Crippen molar-refractivity contribution >= 4 is 11.6 Å². The second kappa shape index (κ2) is 5.69. The van der Waals surface area contributed by atoms with Crippen LogP contribution in [0, 0.1) is 17.0 Å². The Labute approximate surface area is 122 Å². The second-order valence-corrected chi connectivity index (χ2v) is 5.51. The molecule has 1 fully saturated rings. The fraction of sp³-hybridized carbons (Fsp3) is 0.500. The molecule has 0 radical (unpaired) electrons. The molecule has 7 nitrogen and oxygen atoms in total. The Morgan fingerprint density at radius 3 is 2.86 bits per heavy atom. The van der Waals surface area contributed by atoms with Crippen LogP contribution in [-0.2, 0) is 4.79 Å². The van der Waals surface area contributed by atoms with Gasteiger partial charge in [-0.05, 0) is 32.3 Å². The van der Waals surface area contributed by atoms with Crippen LogP contribution >= 0.6 is 0 Å². The molecule has 4 N–H and O–H groups in total. The number of rotatable bonds is 4. The maximum atomic E-state index is 11.4. The minimum Gasteiger partial charge on any atom is -0.490 e. The number of carbonyl (C=O) groups excluding carboxylic acids is 1. The summed E-state index contributed by atoms with van der Waals surface area (Å²) in [6, 6.07) is 4.69. The highest BCUT2D eigenvalue weighted by atomic mass is 16.6.